The number of nitrogens with zero attached hydrogens (tertiary/aromatic N) is 2. The standard InChI is InChI=1S/C14H21N3O5S/c1-10-5-12(16-22-10)13(18)17-8-14(9-17)4-3-11(7-21-14)6-15-23(2,19)20/h5,11,15H,3-4,6-9H2,1-2H3. The van der Waals surface area contributed by atoms with Crippen molar-refractivity contribution in [2.24, 2.45) is 5.92 Å². The van der Waals surface area contributed by atoms with Crippen LogP contribution in [-0.2, 0) is 14.8 Å². The van der Waals surface area contributed by atoms with Crippen molar-refractivity contribution in [3.8, 4) is 0 Å². The van der Waals surface area contributed by atoms with Crippen molar-refractivity contribution in [2.45, 2.75) is 25.4 Å². The summed E-state index contributed by atoms with van der Waals surface area (Å²) in [6, 6.07) is 1.63. The van der Waals surface area contributed by atoms with Crippen LogP contribution in [0.5, 0.6) is 0 Å². The van der Waals surface area contributed by atoms with E-state index in [2.05, 4.69) is 9.88 Å². The largest absolute Gasteiger partial charge is 0.371 e. The Labute approximate surface area is 135 Å². The summed E-state index contributed by atoms with van der Waals surface area (Å²) in [5.41, 5.74) is 0.0409. The first-order chi connectivity index (χ1) is 10.8. The number of amides is 1. The average Bonchev–Trinajstić information content (AvgIpc) is 2.88. The Hall–Kier alpha value is -1.45. The number of aromatic nitrogens is 1. The lowest BCUT2D eigenvalue weighted by molar-refractivity contribution is -0.166. The highest BCUT2D eigenvalue weighted by Gasteiger charge is 2.48. The second-order valence-electron chi connectivity index (χ2n) is 6.50. The second kappa shape index (κ2) is 5.88. The molecule has 2 fully saturated rings. The van der Waals surface area contributed by atoms with Crippen molar-refractivity contribution in [1.29, 1.82) is 0 Å². The van der Waals surface area contributed by atoms with Crippen LogP contribution in [-0.4, -0.2) is 62.5 Å². The van der Waals surface area contributed by atoms with Crippen LogP contribution in [0.25, 0.3) is 0 Å². The molecule has 1 aromatic rings. The SMILES string of the molecule is Cc1cc(C(=O)N2CC3(CCC(CNS(C)(=O)=O)CO3)C2)no1. The number of rotatable bonds is 4. The number of sulfonamides is 1. The predicted molar refractivity (Wildman–Crippen MR) is 81.4 cm³/mol. The quantitative estimate of drug-likeness (QED) is 0.835. The number of ether oxygens (including phenoxy) is 1. The van der Waals surface area contributed by atoms with E-state index in [0.717, 1.165) is 19.1 Å². The molecule has 0 saturated carbocycles. The topological polar surface area (TPSA) is 102 Å². The van der Waals surface area contributed by atoms with Crippen LogP contribution in [0, 0.1) is 12.8 Å². The second-order valence-corrected chi connectivity index (χ2v) is 8.34. The van der Waals surface area contributed by atoms with Crippen molar-refractivity contribution in [1.82, 2.24) is 14.8 Å². The van der Waals surface area contributed by atoms with Crippen LogP contribution in [0.15, 0.2) is 10.6 Å². The average molecular weight is 343 g/mol. The fraction of sp³-hybridized carbons (Fsp3) is 0.714. The zero-order valence-electron chi connectivity index (χ0n) is 13.2. The maximum absolute atomic E-state index is 12.2. The zero-order valence-corrected chi connectivity index (χ0v) is 14.1. The Morgan fingerprint density at radius 2 is 2.26 bits per heavy atom. The summed E-state index contributed by atoms with van der Waals surface area (Å²) in [7, 11) is -3.17. The van der Waals surface area contributed by atoms with E-state index in [1.54, 1.807) is 17.9 Å². The third kappa shape index (κ3) is 3.73. The zero-order chi connectivity index (χ0) is 16.7. The maximum Gasteiger partial charge on any atom is 0.276 e. The Bertz CT molecular complexity index is 683. The van der Waals surface area contributed by atoms with Crippen LogP contribution in [0.3, 0.4) is 0 Å². The van der Waals surface area contributed by atoms with Crippen molar-refractivity contribution < 1.29 is 22.5 Å². The van der Waals surface area contributed by atoms with E-state index < -0.39 is 10.0 Å². The van der Waals surface area contributed by atoms with Crippen LogP contribution in [0.2, 0.25) is 0 Å². The number of carbonyl (C=O) groups excluding carboxylic acids is 1. The van der Waals surface area contributed by atoms with Gasteiger partial charge in [0.15, 0.2) is 5.69 Å². The fourth-order valence-electron chi connectivity index (χ4n) is 3.02. The highest BCUT2D eigenvalue weighted by atomic mass is 32.2. The molecule has 3 rings (SSSR count). The van der Waals surface area contributed by atoms with Crippen LogP contribution in [0.1, 0.15) is 29.1 Å². The van der Waals surface area contributed by atoms with Crippen molar-refractivity contribution in [3.05, 3.63) is 17.5 Å². The summed E-state index contributed by atoms with van der Waals surface area (Å²) in [5, 5.41) is 3.74. The molecular formula is C14H21N3O5S. The third-order valence-corrected chi connectivity index (χ3v) is 5.05. The molecular weight excluding hydrogens is 322 g/mol. The Morgan fingerprint density at radius 1 is 1.52 bits per heavy atom. The molecule has 23 heavy (non-hydrogen) atoms. The molecule has 1 aromatic heterocycles. The molecule has 2 saturated heterocycles. The minimum Gasteiger partial charge on any atom is -0.371 e. The van der Waals surface area contributed by atoms with E-state index in [9.17, 15) is 13.2 Å². The van der Waals surface area contributed by atoms with Gasteiger partial charge in [-0.25, -0.2) is 13.1 Å². The van der Waals surface area contributed by atoms with Gasteiger partial charge < -0.3 is 14.2 Å². The van der Waals surface area contributed by atoms with E-state index in [1.807, 2.05) is 0 Å². The minimum absolute atomic E-state index is 0.142. The fourth-order valence-corrected chi connectivity index (χ4v) is 3.56. The van der Waals surface area contributed by atoms with Gasteiger partial charge in [-0.15, -0.1) is 0 Å². The Kier molecular flexibility index (Phi) is 4.19. The van der Waals surface area contributed by atoms with Gasteiger partial charge in [0.05, 0.1) is 26.0 Å². The first kappa shape index (κ1) is 16.4. The lowest BCUT2D eigenvalue weighted by Gasteiger charge is -2.52. The molecule has 0 aliphatic carbocycles. The van der Waals surface area contributed by atoms with Crippen LogP contribution < -0.4 is 4.72 Å². The summed E-state index contributed by atoms with van der Waals surface area (Å²) in [6.45, 7) is 3.74. The van der Waals surface area contributed by atoms with Crippen molar-refractivity contribution >= 4 is 15.9 Å². The first-order valence-electron chi connectivity index (χ1n) is 7.58. The van der Waals surface area contributed by atoms with E-state index in [1.165, 1.54) is 0 Å². The molecule has 1 N–H and O–H groups in total. The van der Waals surface area contributed by atoms with Gasteiger partial charge in [-0.1, -0.05) is 5.16 Å². The van der Waals surface area contributed by atoms with Gasteiger partial charge in [0.25, 0.3) is 5.91 Å². The molecule has 1 atom stereocenters. The first-order valence-corrected chi connectivity index (χ1v) is 9.47. The highest BCUT2D eigenvalue weighted by Crippen LogP contribution is 2.36. The molecule has 2 aliphatic rings. The van der Waals surface area contributed by atoms with Crippen LogP contribution in [0.4, 0.5) is 0 Å². The molecule has 128 valence electrons. The van der Waals surface area contributed by atoms with Gasteiger partial charge in [-0.05, 0) is 25.7 Å². The smallest absolute Gasteiger partial charge is 0.276 e. The molecule has 1 amide bonds. The number of hydrogen-bond acceptors (Lipinski definition) is 6. The number of nitrogens with one attached hydrogen (secondary N) is 1. The molecule has 0 bridgehead atoms. The molecule has 1 spiro atoms. The number of likely N-dealkylation sites (tertiary alicyclic amines) is 1. The monoisotopic (exact) mass is 343 g/mol. The lowest BCUT2D eigenvalue weighted by Crippen LogP contribution is -2.66. The lowest BCUT2D eigenvalue weighted by atomic mass is 9.83. The van der Waals surface area contributed by atoms with Crippen LogP contribution >= 0.6 is 0 Å². The van der Waals surface area contributed by atoms with E-state index in [-0.39, 0.29) is 17.4 Å². The van der Waals surface area contributed by atoms with E-state index in [0.29, 0.717) is 37.7 Å². The molecule has 0 radical (unpaired) electrons. The third-order valence-electron chi connectivity index (χ3n) is 4.36. The molecule has 1 unspecified atom stereocenters. The molecule has 2 aliphatic heterocycles. The van der Waals surface area contributed by atoms with Gasteiger partial charge in [0.2, 0.25) is 10.0 Å². The maximum atomic E-state index is 12.2. The molecule has 9 heteroatoms. The molecule has 8 nitrogen and oxygen atoms in total. The summed E-state index contributed by atoms with van der Waals surface area (Å²) >= 11 is 0. The van der Waals surface area contributed by atoms with Crippen molar-refractivity contribution in [2.75, 3.05) is 32.5 Å². The molecule has 3 heterocycles. The minimum atomic E-state index is -3.17. The van der Waals surface area contributed by atoms with Gasteiger partial charge in [-0.3, -0.25) is 4.79 Å². The highest BCUT2D eigenvalue weighted by molar-refractivity contribution is 7.88. The van der Waals surface area contributed by atoms with Gasteiger partial charge >= 0.3 is 0 Å². The van der Waals surface area contributed by atoms with Gasteiger partial charge in [0, 0.05) is 12.6 Å². The number of hydrogen-bond donors (Lipinski definition) is 1. The molecule has 0 aromatic carbocycles. The van der Waals surface area contributed by atoms with Gasteiger partial charge in [-0.2, -0.15) is 0 Å². The Morgan fingerprint density at radius 3 is 2.78 bits per heavy atom. The summed E-state index contributed by atoms with van der Waals surface area (Å²) in [5.74, 6) is 0.647. The van der Waals surface area contributed by atoms with E-state index >= 15 is 0 Å². The van der Waals surface area contributed by atoms with E-state index in [4.69, 9.17) is 9.26 Å². The summed E-state index contributed by atoms with van der Waals surface area (Å²) < 4.78 is 35.6. The number of carbonyl (C=O) groups is 1. The number of aryl methyl sites for hydroxylation is 1. The predicted octanol–water partition coefficient (Wildman–Crippen LogP) is 0.153. The Balaban J connectivity index is 1.47. The summed E-state index contributed by atoms with van der Waals surface area (Å²) in [4.78, 5) is 13.9. The summed E-state index contributed by atoms with van der Waals surface area (Å²) in [6.07, 6.45) is 2.86. The van der Waals surface area contributed by atoms with Gasteiger partial charge in [0.1, 0.15) is 11.4 Å². The normalized spacial score (nSPS) is 23.7. The van der Waals surface area contributed by atoms with Crippen molar-refractivity contribution in [3.63, 3.8) is 0 Å².